The number of rotatable bonds is 3. The van der Waals surface area contributed by atoms with Gasteiger partial charge in [0.05, 0.1) is 15.9 Å². The number of fused-ring (bicyclic) bond motifs is 1. The number of carbonyl (C=O) groups excluding carboxylic acids is 1. The predicted octanol–water partition coefficient (Wildman–Crippen LogP) is 3.60. The maximum Gasteiger partial charge on any atom is 0.326 e. The number of aromatic nitrogens is 2. The maximum atomic E-state index is 12.5. The Labute approximate surface area is 192 Å². The molecular formula is C24H32N4O3S. The molecule has 172 valence electrons. The average Bonchev–Trinajstić information content (AvgIpc) is 3.47. The molecule has 8 heteroatoms. The Balaban J connectivity index is 0.000000775. The van der Waals surface area contributed by atoms with Gasteiger partial charge < -0.3 is 19.5 Å². The number of thiophene rings is 1. The lowest BCUT2D eigenvalue weighted by Crippen LogP contribution is -2.49. The molecule has 7 nitrogen and oxygen atoms in total. The summed E-state index contributed by atoms with van der Waals surface area (Å²) in [5.74, 6) is 0.177. The molecule has 3 aromatic rings. The van der Waals surface area contributed by atoms with Gasteiger partial charge in [0.1, 0.15) is 0 Å². The largest absolute Gasteiger partial charge is 0.388 e. The minimum atomic E-state index is 0.00467. The van der Waals surface area contributed by atoms with E-state index in [2.05, 4.69) is 14.6 Å². The number of para-hydroxylation sites is 2. The van der Waals surface area contributed by atoms with Gasteiger partial charge in [0.2, 0.25) is 0 Å². The van der Waals surface area contributed by atoms with Gasteiger partial charge in [-0.3, -0.25) is 9.36 Å². The van der Waals surface area contributed by atoms with Crippen molar-refractivity contribution in [1.29, 1.82) is 0 Å². The Bertz CT molecular complexity index is 1060. The van der Waals surface area contributed by atoms with Crippen LogP contribution in [0.5, 0.6) is 0 Å². The molecular weight excluding hydrogens is 424 g/mol. The molecule has 0 bridgehead atoms. The van der Waals surface area contributed by atoms with Gasteiger partial charge in [-0.1, -0.05) is 18.2 Å². The summed E-state index contributed by atoms with van der Waals surface area (Å²) in [5, 5.41) is 1.96. The van der Waals surface area contributed by atoms with Gasteiger partial charge in [-0.25, -0.2) is 4.79 Å². The number of likely N-dealkylation sites (tertiary alicyclic amines) is 2. The van der Waals surface area contributed by atoms with Gasteiger partial charge in [0.15, 0.2) is 0 Å². The van der Waals surface area contributed by atoms with E-state index in [1.807, 2.05) is 51.2 Å². The van der Waals surface area contributed by atoms with Crippen LogP contribution in [0.25, 0.3) is 11.0 Å². The molecule has 0 aliphatic carbocycles. The van der Waals surface area contributed by atoms with Gasteiger partial charge in [-0.15, -0.1) is 11.3 Å². The smallest absolute Gasteiger partial charge is 0.326 e. The number of nitrogens with zero attached hydrogens (tertiary/aromatic N) is 3. The number of amides is 1. The summed E-state index contributed by atoms with van der Waals surface area (Å²) in [6, 6.07) is 12.6. The Hall–Kier alpha value is -2.42. The molecule has 2 aliphatic heterocycles. The molecule has 2 aliphatic rings. The van der Waals surface area contributed by atoms with Crippen LogP contribution in [-0.2, 0) is 4.74 Å². The standard InChI is InChI=1S/C22H26N4O2S.C2H6O/c27-21(20-6-3-15-29-20)25-13-7-16(8-14-25)24-11-9-17(10-12-24)26-19-5-2-1-4-18(19)23-22(26)28;1-3-2/h1-6,15-17H,7-14H2,(H,23,28);1-2H3. The number of benzene rings is 1. The molecule has 2 aromatic heterocycles. The molecule has 5 rings (SSSR count). The van der Waals surface area contributed by atoms with E-state index in [4.69, 9.17) is 0 Å². The first-order chi connectivity index (χ1) is 15.6. The van der Waals surface area contributed by atoms with E-state index in [-0.39, 0.29) is 17.6 Å². The van der Waals surface area contributed by atoms with Crippen LogP contribution in [0.4, 0.5) is 0 Å². The second-order valence-electron chi connectivity index (χ2n) is 8.49. The molecule has 0 radical (unpaired) electrons. The summed E-state index contributed by atoms with van der Waals surface area (Å²) in [4.78, 5) is 33.4. The first kappa shape index (κ1) is 22.8. The first-order valence-corrected chi connectivity index (χ1v) is 12.2. The van der Waals surface area contributed by atoms with Crippen molar-refractivity contribution in [3.05, 3.63) is 57.1 Å². The number of imidazole rings is 1. The lowest BCUT2D eigenvalue weighted by atomic mass is 9.97. The van der Waals surface area contributed by atoms with Gasteiger partial charge in [0.25, 0.3) is 5.91 Å². The average molecular weight is 457 g/mol. The summed E-state index contributed by atoms with van der Waals surface area (Å²) in [6.45, 7) is 3.70. The number of carbonyl (C=O) groups is 1. The van der Waals surface area contributed by atoms with E-state index in [1.165, 1.54) is 11.3 Å². The number of piperidine rings is 2. The number of ether oxygens (including phenoxy) is 1. The summed E-state index contributed by atoms with van der Waals surface area (Å²) in [7, 11) is 3.25. The number of hydrogen-bond acceptors (Lipinski definition) is 5. The molecule has 2 saturated heterocycles. The van der Waals surface area contributed by atoms with Crippen LogP contribution < -0.4 is 5.69 Å². The van der Waals surface area contributed by atoms with Gasteiger partial charge in [-0.05, 0) is 49.3 Å². The van der Waals surface area contributed by atoms with E-state index in [0.717, 1.165) is 67.8 Å². The maximum absolute atomic E-state index is 12.5. The third-order valence-electron chi connectivity index (χ3n) is 6.49. The summed E-state index contributed by atoms with van der Waals surface area (Å²) < 4.78 is 6.20. The van der Waals surface area contributed by atoms with Crippen LogP contribution in [0.1, 0.15) is 41.4 Å². The Morgan fingerprint density at radius 2 is 1.62 bits per heavy atom. The van der Waals surface area contributed by atoms with E-state index in [9.17, 15) is 9.59 Å². The van der Waals surface area contributed by atoms with E-state index >= 15 is 0 Å². The molecule has 4 heterocycles. The highest BCUT2D eigenvalue weighted by Gasteiger charge is 2.31. The van der Waals surface area contributed by atoms with Crippen LogP contribution >= 0.6 is 11.3 Å². The molecule has 2 fully saturated rings. The normalized spacial score (nSPS) is 18.5. The van der Waals surface area contributed by atoms with Crippen LogP contribution in [0.15, 0.2) is 46.6 Å². The highest BCUT2D eigenvalue weighted by atomic mass is 32.1. The molecule has 1 amide bonds. The van der Waals surface area contributed by atoms with E-state index in [0.29, 0.717) is 6.04 Å². The minimum absolute atomic E-state index is 0.00467. The quantitative estimate of drug-likeness (QED) is 0.654. The molecule has 0 saturated carbocycles. The second-order valence-corrected chi connectivity index (χ2v) is 9.44. The molecule has 0 atom stereocenters. The molecule has 0 unspecified atom stereocenters. The van der Waals surface area contributed by atoms with Crippen molar-refractivity contribution in [2.75, 3.05) is 40.4 Å². The van der Waals surface area contributed by atoms with Crippen LogP contribution in [0.2, 0.25) is 0 Å². The Morgan fingerprint density at radius 1 is 0.969 bits per heavy atom. The van der Waals surface area contributed by atoms with Crippen molar-refractivity contribution in [3.63, 3.8) is 0 Å². The van der Waals surface area contributed by atoms with Crippen molar-refractivity contribution in [1.82, 2.24) is 19.4 Å². The highest BCUT2D eigenvalue weighted by molar-refractivity contribution is 7.12. The van der Waals surface area contributed by atoms with Gasteiger partial charge in [0, 0.05) is 52.5 Å². The summed E-state index contributed by atoms with van der Waals surface area (Å²) in [6.07, 6.45) is 4.07. The monoisotopic (exact) mass is 456 g/mol. The minimum Gasteiger partial charge on any atom is -0.388 e. The van der Waals surface area contributed by atoms with Gasteiger partial charge in [-0.2, -0.15) is 0 Å². The van der Waals surface area contributed by atoms with E-state index < -0.39 is 0 Å². The lowest BCUT2D eigenvalue weighted by molar-refractivity contribution is 0.0561. The fraction of sp³-hybridized carbons (Fsp3) is 0.500. The molecule has 1 aromatic carbocycles. The number of H-pyrrole nitrogens is 1. The highest BCUT2D eigenvalue weighted by Crippen LogP contribution is 2.28. The van der Waals surface area contributed by atoms with Crippen molar-refractivity contribution >= 4 is 28.3 Å². The van der Waals surface area contributed by atoms with Crippen molar-refractivity contribution < 1.29 is 9.53 Å². The molecule has 0 spiro atoms. The Kier molecular flexibility index (Phi) is 7.44. The number of methoxy groups -OCH3 is 1. The fourth-order valence-electron chi connectivity index (χ4n) is 4.94. The third-order valence-corrected chi connectivity index (χ3v) is 7.35. The van der Waals surface area contributed by atoms with Crippen LogP contribution in [0.3, 0.4) is 0 Å². The topological polar surface area (TPSA) is 70.6 Å². The first-order valence-electron chi connectivity index (χ1n) is 11.3. The zero-order valence-corrected chi connectivity index (χ0v) is 19.6. The third kappa shape index (κ3) is 4.82. The predicted molar refractivity (Wildman–Crippen MR) is 129 cm³/mol. The van der Waals surface area contributed by atoms with E-state index in [1.54, 1.807) is 14.2 Å². The zero-order valence-electron chi connectivity index (χ0n) is 18.8. The van der Waals surface area contributed by atoms with Crippen LogP contribution in [0, 0.1) is 0 Å². The van der Waals surface area contributed by atoms with Crippen molar-refractivity contribution in [3.8, 4) is 0 Å². The SMILES string of the molecule is COC.O=C(c1cccs1)N1CCC(N2CCC(n3c(=O)[nH]c4ccccc43)CC2)CC1. The van der Waals surface area contributed by atoms with Crippen molar-refractivity contribution in [2.45, 2.75) is 37.8 Å². The number of aromatic amines is 1. The zero-order chi connectivity index (χ0) is 22.5. The van der Waals surface area contributed by atoms with Gasteiger partial charge >= 0.3 is 5.69 Å². The fourth-order valence-corrected chi connectivity index (χ4v) is 5.63. The lowest BCUT2D eigenvalue weighted by Gasteiger charge is -2.41. The summed E-state index contributed by atoms with van der Waals surface area (Å²) >= 11 is 1.52. The molecule has 32 heavy (non-hydrogen) atoms. The van der Waals surface area contributed by atoms with Crippen LogP contribution in [-0.4, -0.2) is 71.7 Å². The number of hydrogen-bond donors (Lipinski definition) is 1. The second kappa shape index (κ2) is 10.5. The summed E-state index contributed by atoms with van der Waals surface area (Å²) in [5.41, 5.74) is 1.93. The Morgan fingerprint density at radius 3 is 2.28 bits per heavy atom. The molecule has 1 N–H and O–H groups in total. The number of nitrogens with one attached hydrogen (secondary N) is 1. The van der Waals surface area contributed by atoms with Crippen molar-refractivity contribution in [2.24, 2.45) is 0 Å².